The summed E-state index contributed by atoms with van der Waals surface area (Å²) in [7, 11) is 1.67. The SMILES string of the molecule is CC(c1cc(F)ccc1F)N(C)C(=O)CC1CC2CCC(C1)N2. The molecule has 2 heterocycles. The van der Waals surface area contributed by atoms with E-state index in [4.69, 9.17) is 0 Å². The summed E-state index contributed by atoms with van der Waals surface area (Å²) in [5.41, 5.74) is 0.228. The molecule has 2 fully saturated rings. The van der Waals surface area contributed by atoms with Gasteiger partial charge in [-0.1, -0.05) is 0 Å². The fourth-order valence-electron chi connectivity index (χ4n) is 3.99. The number of nitrogens with zero attached hydrogens (tertiary/aromatic N) is 1. The lowest BCUT2D eigenvalue weighted by molar-refractivity contribution is -0.133. The number of nitrogens with one attached hydrogen (secondary N) is 1. The summed E-state index contributed by atoms with van der Waals surface area (Å²) in [6.07, 6.45) is 4.98. The standard InChI is InChI=1S/C18H24F2N2O/c1-11(16-10-13(19)3-6-17(16)20)22(2)18(23)9-12-7-14-4-5-15(8-12)21-14/h3,6,10-12,14-15,21H,4-5,7-9H2,1-2H3. The number of fused-ring (bicyclic) bond motifs is 2. The molecular formula is C18H24F2N2O. The molecule has 2 bridgehead atoms. The van der Waals surface area contributed by atoms with Crippen LogP contribution < -0.4 is 5.32 Å². The van der Waals surface area contributed by atoms with Crippen LogP contribution in [0.5, 0.6) is 0 Å². The number of halogens is 2. The fraction of sp³-hybridized carbons (Fsp3) is 0.611. The third-order valence-corrected chi connectivity index (χ3v) is 5.42. The van der Waals surface area contributed by atoms with E-state index in [1.54, 1.807) is 18.9 Å². The highest BCUT2D eigenvalue weighted by Gasteiger charge is 2.35. The van der Waals surface area contributed by atoms with Crippen LogP contribution in [0.3, 0.4) is 0 Å². The number of rotatable bonds is 4. The highest BCUT2D eigenvalue weighted by atomic mass is 19.1. The minimum Gasteiger partial charge on any atom is -0.339 e. The van der Waals surface area contributed by atoms with Crippen molar-refractivity contribution in [3.05, 3.63) is 35.4 Å². The molecule has 2 aliphatic rings. The van der Waals surface area contributed by atoms with Gasteiger partial charge in [0.15, 0.2) is 0 Å². The number of amides is 1. The number of piperidine rings is 1. The lowest BCUT2D eigenvalue weighted by atomic mass is 9.89. The molecule has 1 amide bonds. The molecule has 23 heavy (non-hydrogen) atoms. The first-order valence-corrected chi connectivity index (χ1v) is 8.40. The number of carbonyl (C=O) groups excluding carboxylic acids is 1. The summed E-state index contributed by atoms with van der Waals surface area (Å²) in [6.45, 7) is 1.74. The third kappa shape index (κ3) is 3.55. The summed E-state index contributed by atoms with van der Waals surface area (Å²) in [4.78, 5) is 14.1. The molecule has 0 radical (unpaired) electrons. The Morgan fingerprint density at radius 3 is 2.61 bits per heavy atom. The van der Waals surface area contributed by atoms with Crippen LogP contribution in [0.2, 0.25) is 0 Å². The van der Waals surface area contributed by atoms with Gasteiger partial charge in [0, 0.05) is 31.1 Å². The number of hydrogen-bond acceptors (Lipinski definition) is 2. The van der Waals surface area contributed by atoms with Crippen molar-refractivity contribution in [2.24, 2.45) is 5.92 Å². The summed E-state index contributed by atoms with van der Waals surface area (Å²) in [5.74, 6) is -0.553. The van der Waals surface area contributed by atoms with E-state index >= 15 is 0 Å². The maximum Gasteiger partial charge on any atom is 0.223 e. The number of hydrogen-bond donors (Lipinski definition) is 1. The second kappa shape index (κ2) is 6.56. The molecule has 2 aliphatic heterocycles. The Labute approximate surface area is 136 Å². The van der Waals surface area contributed by atoms with Gasteiger partial charge in [0.1, 0.15) is 11.6 Å². The Balaban J connectivity index is 1.63. The molecule has 0 spiro atoms. The molecule has 5 heteroatoms. The zero-order valence-corrected chi connectivity index (χ0v) is 13.7. The van der Waals surface area contributed by atoms with E-state index in [-0.39, 0.29) is 11.5 Å². The Morgan fingerprint density at radius 1 is 1.30 bits per heavy atom. The van der Waals surface area contributed by atoms with Crippen molar-refractivity contribution in [2.75, 3.05) is 7.05 Å². The minimum absolute atomic E-state index is 0.00691. The van der Waals surface area contributed by atoms with Crippen molar-refractivity contribution in [3.63, 3.8) is 0 Å². The zero-order chi connectivity index (χ0) is 16.6. The normalized spacial score (nSPS) is 27.7. The number of carbonyl (C=O) groups is 1. The van der Waals surface area contributed by atoms with E-state index in [1.165, 1.54) is 18.9 Å². The van der Waals surface area contributed by atoms with Crippen LogP contribution in [0.15, 0.2) is 18.2 Å². The zero-order valence-electron chi connectivity index (χ0n) is 13.7. The van der Waals surface area contributed by atoms with E-state index in [1.807, 2.05) is 0 Å². The molecule has 1 N–H and O–H groups in total. The maximum absolute atomic E-state index is 13.9. The first kappa shape index (κ1) is 16.4. The van der Waals surface area contributed by atoms with Gasteiger partial charge in [-0.05, 0) is 56.7 Å². The highest BCUT2D eigenvalue weighted by molar-refractivity contribution is 5.76. The molecule has 0 saturated carbocycles. The molecule has 0 aromatic heterocycles. The molecule has 1 aromatic rings. The van der Waals surface area contributed by atoms with Crippen LogP contribution in [-0.4, -0.2) is 29.9 Å². The van der Waals surface area contributed by atoms with Gasteiger partial charge in [-0.15, -0.1) is 0 Å². The molecule has 3 unspecified atom stereocenters. The molecule has 3 atom stereocenters. The van der Waals surface area contributed by atoms with Crippen LogP contribution in [0.4, 0.5) is 8.78 Å². The largest absolute Gasteiger partial charge is 0.339 e. The third-order valence-electron chi connectivity index (χ3n) is 5.42. The van der Waals surface area contributed by atoms with Gasteiger partial charge in [0.25, 0.3) is 0 Å². The Kier molecular flexibility index (Phi) is 4.67. The van der Waals surface area contributed by atoms with Crippen molar-refractivity contribution >= 4 is 5.91 Å². The van der Waals surface area contributed by atoms with Crippen LogP contribution in [0.25, 0.3) is 0 Å². The second-order valence-corrected chi connectivity index (χ2v) is 7.03. The molecule has 126 valence electrons. The average molecular weight is 322 g/mol. The van der Waals surface area contributed by atoms with E-state index in [2.05, 4.69) is 5.32 Å². The van der Waals surface area contributed by atoms with Crippen LogP contribution in [0.1, 0.15) is 50.6 Å². The molecule has 2 saturated heterocycles. The summed E-state index contributed by atoms with van der Waals surface area (Å²) < 4.78 is 27.3. The van der Waals surface area contributed by atoms with Gasteiger partial charge in [-0.3, -0.25) is 4.79 Å². The lowest BCUT2D eigenvalue weighted by Gasteiger charge is -2.31. The molecular weight excluding hydrogens is 298 g/mol. The van der Waals surface area contributed by atoms with Crippen molar-refractivity contribution in [2.45, 2.75) is 57.2 Å². The highest BCUT2D eigenvalue weighted by Crippen LogP contribution is 2.33. The quantitative estimate of drug-likeness (QED) is 0.921. The predicted molar refractivity (Wildman–Crippen MR) is 84.8 cm³/mol. The smallest absolute Gasteiger partial charge is 0.223 e. The van der Waals surface area contributed by atoms with Crippen LogP contribution >= 0.6 is 0 Å². The Hall–Kier alpha value is -1.49. The average Bonchev–Trinajstić information content (AvgIpc) is 2.87. The number of benzene rings is 1. The minimum atomic E-state index is -0.482. The van der Waals surface area contributed by atoms with Crippen molar-refractivity contribution in [1.82, 2.24) is 10.2 Å². The van der Waals surface area contributed by atoms with Crippen LogP contribution in [0, 0.1) is 17.6 Å². The van der Waals surface area contributed by atoms with Gasteiger partial charge in [0.05, 0.1) is 6.04 Å². The van der Waals surface area contributed by atoms with Crippen molar-refractivity contribution < 1.29 is 13.6 Å². The van der Waals surface area contributed by atoms with Gasteiger partial charge in [-0.2, -0.15) is 0 Å². The van der Waals surface area contributed by atoms with Gasteiger partial charge >= 0.3 is 0 Å². The predicted octanol–water partition coefficient (Wildman–Crippen LogP) is 3.40. The van der Waals surface area contributed by atoms with E-state index in [0.29, 0.717) is 24.4 Å². The van der Waals surface area contributed by atoms with E-state index in [0.717, 1.165) is 25.0 Å². The van der Waals surface area contributed by atoms with Gasteiger partial charge in [-0.25, -0.2) is 8.78 Å². The molecule has 3 rings (SSSR count). The monoisotopic (exact) mass is 322 g/mol. The molecule has 3 nitrogen and oxygen atoms in total. The van der Waals surface area contributed by atoms with Crippen molar-refractivity contribution in [3.8, 4) is 0 Å². The fourth-order valence-corrected chi connectivity index (χ4v) is 3.99. The Morgan fingerprint density at radius 2 is 1.96 bits per heavy atom. The Bertz CT molecular complexity index is 580. The van der Waals surface area contributed by atoms with Crippen molar-refractivity contribution in [1.29, 1.82) is 0 Å². The lowest BCUT2D eigenvalue weighted by Crippen LogP contribution is -2.40. The first-order valence-electron chi connectivity index (χ1n) is 8.40. The molecule has 0 aliphatic carbocycles. The summed E-state index contributed by atoms with van der Waals surface area (Å²) >= 11 is 0. The topological polar surface area (TPSA) is 32.3 Å². The summed E-state index contributed by atoms with van der Waals surface area (Å²) in [5, 5.41) is 3.57. The first-order chi connectivity index (χ1) is 10.9. The second-order valence-electron chi connectivity index (χ2n) is 7.03. The maximum atomic E-state index is 13.9. The van der Waals surface area contributed by atoms with Crippen LogP contribution in [-0.2, 0) is 4.79 Å². The van der Waals surface area contributed by atoms with Gasteiger partial charge < -0.3 is 10.2 Å². The van der Waals surface area contributed by atoms with E-state index in [9.17, 15) is 13.6 Å². The summed E-state index contributed by atoms with van der Waals surface area (Å²) in [6, 6.07) is 4.01. The van der Waals surface area contributed by atoms with Gasteiger partial charge in [0.2, 0.25) is 5.91 Å². The molecule has 1 aromatic carbocycles. The van der Waals surface area contributed by atoms with E-state index < -0.39 is 17.7 Å².